The Hall–Kier alpha value is -8.44. The third-order valence-electron chi connectivity index (χ3n) is 16.8. The highest BCUT2D eigenvalue weighted by atomic mass is 16.3. The zero-order valence-electron chi connectivity index (χ0n) is 42.2. The van der Waals surface area contributed by atoms with Gasteiger partial charge in [-0.1, -0.05) is 179 Å². The van der Waals surface area contributed by atoms with Crippen LogP contribution in [0.5, 0.6) is 0 Å². The fraction of sp³-hybridized carbons (Fsp3) is 0.143. The average molecular weight is 956 g/mol. The van der Waals surface area contributed by atoms with Crippen LogP contribution in [0.25, 0.3) is 56.4 Å². The van der Waals surface area contributed by atoms with E-state index < -0.39 is 6.10 Å². The van der Waals surface area contributed by atoms with Crippen molar-refractivity contribution >= 4 is 57.2 Å². The standard InChI is InChI=1S/C70H57N3O/c1-69(2)62-27-15-13-25-56(62)58-34-31-50(42-64(58)69)71(48-20-7-5-8-21-48)52-38-47(46-30-36-67-60(40-46)61-44-54(74)33-37-68(61)73(67)66-29-17-19-45-18-11-12-24-55(45)66)39-53(41-52)72(49-22-9-6-10-23-49)51-32-35-59-57-26-14-16-28-63(57)70(3,4)65(59)43-51/h5-32,34-44,54-55,66,74H,33H2,1-4H3. The third-order valence-corrected chi connectivity index (χ3v) is 16.8. The zero-order valence-corrected chi connectivity index (χ0v) is 42.2. The van der Waals surface area contributed by atoms with Crippen molar-refractivity contribution in [1.82, 2.24) is 4.57 Å². The molecule has 14 rings (SSSR count). The Morgan fingerprint density at radius 2 is 1.05 bits per heavy atom. The maximum atomic E-state index is 11.3. The molecule has 3 unspecified atom stereocenters. The average Bonchev–Trinajstić information content (AvgIpc) is 3.97. The van der Waals surface area contributed by atoms with Crippen LogP contribution in [0.4, 0.5) is 34.1 Å². The monoisotopic (exact) mass is 955 g/mol. The number of aliphatic hydroxyl groups is 1. The summed E-state index contributed by atoms with van der Waals surface area (Å²) in [6.07, 6.45) is 20.0. The number of nitrogens with zero attached hydrogens (tertiary/aromatic N) is 3. The predicted molar refractivity (Wildman–Crippen MR) is 309 cm³/mol. The van der Waals surface area contributed by atoms with Crippen molar-refractivity contribution in [3.8, 4) is 33.4 Å². The number of anilines is 6. The first-order chi connectivity index (χ1) is 36.1. The van der Waals surface area contributed by atoms with Gasteiger partial charge in [0.05, 0.1) is 12.1 Å². The Balaban J connectivity index is 1.01. The van der Waals surface area contributed by atoms with Gasteiger partial charge in [0.1, 0.15) is 0 Å². The molecule has 5 aliphatic carbocycles. The van der Waals surface area contributed by atoms with Crippen LogP contribution in [0.3, 0.4) is 0 Å². The molecule has 0 bridgehead atoms. The molecule has 0 saturated heterocycles. The zero-order chi connectivity index (χ0) is 49.9. The number of hydrogen-bond donors (Lipinski definition) is 1. The largest absolute Gasteiger partial charge is 0.389 e. The number of rotatable bonds is 8. The second-order valence-corrected chi connectivity index (χ2v) is 21.8. The van der Waals surface area contributed by atoms with Gasteiger partial charge < -0.3 is 19.5 Å². The fourth-order valence-corrected chi connectivity index (χ4v) is 13.2. The van der Waals surface area contributed by atoms with Crippen molar-refractivity contribution < 1.29 is 5.11 Å². The van der Waals surface area contributed by atoms with E-state index in [1.807, 2.05) is 0 Å². The first kappa shape index (κ1) is 44.3. The topological polar surface area (TPSA) is 31.6 Å². The highest BCUT2D eigenvalue weighted by molar-refractivity contribution is 5.94. The summed E-state index contributed by atoms with van der Waals surface area (Å²) in [4.78, 5) is 4.89. The highest BCUT2D eigenvalue weighted by Crippen LogP contribution is 2.53. The summed E-state index contributed by atoms with van der Waals surface area (Å²) in [5, 5.41) is 14.7. The summed E-state index contributed by atoms with van der Waals surface area (Å²) in [6.45, 7) is 9.45. The number of fused-ring (bicyclic) bond motifs is 10. The smallest absolute Gasteiger partial charge is 0.0765 e. The van der Waals surface area contributed by atoms with E-state index in [1.165, 1.54) is 55.4 Å². The molecule has 4 nitrogen and oxygen atoms in total. The van der Waals surface area contributed by atoms with Crippen LogP contribution in [-0.2, 0) is 10.8 Å². The van der Waals surface area contributed by atoms with Gasteiger partial charge in [-0.3, -0.25) is 0 Å². The number of para-hydroxylation sites is 2. The van der Waals surface area contributed by atoms with Crippen LogP contribution in [0.2, 0.25) is 0 Å². The third kappa shape index (κ3) is 6.85. The van der Waals surface area contributed by atoms with Gasteiger partial charge in [-0.2, -0.15) is 0 Å². The molecule has 9 aromatic rings. The van der Waals surface area contributed by atoms with Gasteiger partial charge in [-0.25, -0.2) is 0 Å². The normalized spacial score (nSPS) is 18.8. The van der Waals surface area contributed by atoms with Crippen molar-refractivity contribution in [2.45, 2.75) is 57.1 Å². The molecule has 1 N–H and O–H groups in total. The van der Waals surface area contributed by atoms with Crippen LogP contribution in [-0.4, -0.2) is 15.8 Å². The first-order valence-electron chi connectivity index (χ1n) is 26.2. The molecule has 0 radical (unpaired) electrons. The minimum absolute atomic E-state index is 0.0946. The quantitative estimate of drug-likeness (QED) is 0.165. The Kier molecular flexibility index (Phi) is 10.1. The summed E-state index contributed by atoms with van der Waals surface area (Å²) < 4.78 is 2.52. The van der Waals surface area contributed by atoms with Gasteiger partial charge in [-0.05, 0) is 153 Å². The molecular formula is C70H57N3O. The minimum atomic E-state index is -0.552. The van der Waals surface area contributed by atoms with E-state index in [0.717, 1.165) is 61.4 Å². The number of allylic oxidation sites excluding steroid dienone is 8. The van der Waals surface area contributed by atoms with E-state index in [1.54, 1.807) is 0 Å². The van der Waals surface area contributed by atoms with Gasteiger partial charge in [0.25, 0.3) is 0 Å². The summed E-state index contributed by atoms with van der Waals surface area (Å²) >= 11 is 0. The van der Waals surface area contributed by atoms with Gasteiger partial charge in [0.15, 0.2) is 0 Å². The number of aromatic nitrogens is 1. The molecule has 74 heavy (non-hydrogen) atoms. The van der Waals surface area contributed by atoms with Gasteiger partial charge >= 0.3 is 0 Å². The van der Waals surface area contributed by atoms with Gasteiger partial charge in [0.2, 0.25) is 0 Å². The second kappa shape index (κ2) is 16.8. The summed E-state index contributed by atoms with van der Waals surface area (Å²) in [5.41, 5.74) is 21.4. The molecule has 4 heteroatoms. The van der Waals surface area contributed by atoms with Crippen molar-refractivity contribution in [3.63, 3.8) is 0 Å². The molecule has 8 aromatic carbocycles. The highest BCUT2D eigenvalue weighted by Gasteiger charge is 2.38. The van der Waals surface area contributed by atoms with Crippen LogP contribution in [0.15, 0.2) is 230 Å². The predicted octanol–water partition coefficient (Wildman–Crippen LogP) is 16.0. The summed E-state index contributed by atoms with van der Waals surface area (Å²) in [6, 6.07) is 67.9. The SMILES string of the molecule is CC1(C)c2ccccc2-c2ccc(N(c3ccccc3)c3cc(-c4ccc5c(c4)c4c(n5C5C=CC=C6C=CC=CC65)=CCC(O)C=4)cc(N(c4ccccc4)c4ccc5c(c4)C(C)(C)c4ccccc4-5)c3)cc21. The van der Waals surface area contributed by atoms with Crippen LogP contribution >= 0.6 is 0 Å². The molecule has 1 aromatic heterocycles. The molecule has 358 valence electrons. The van der Waals surface area contributed by atoms with Crippen LogP contribution in [0, 0.1) is 5.92 Å². The van der Waals surface area contributed by atoms with E-state index in [4.69, 9.17) is 0 Å². The number of hydrogen-bond acceptors (Lipinski definition) is 3. The lowest BCUT2D eigenvalue weighted by molar-refractivity contribution is 0.244. The van der Waals surface area contributed by atoms with Gasteiger partial charge in [0, 0.05) is 72.3 Å². The van der Waals surface area contributed by atoms with Crippen LogP contribution in [0.1, 0.15) is 62.4 Å². The van der Waals surface area contributed by atoms with E-state index in [2.05, 4.69) is 279 Å². The molecule has 1 heterocycles. The van der Waals surface area contributed by atoms with E-state index >= 15 is 0 Å². The first-order valence-corrected chi connectivity index (χ1v) is 26.2. The van der Waals surface area contributed by atoms with Crippen molar-refractivity contribution in [2.24, 2.45) is 5.92 Å². The lowest BCUT2D eigenvalue weighted by Gasteiger charge is -2.32. The van der Waals surface area contributed by atoms with Crippen LogP contribution < -0.4 is 20.4 Å². The summed E-state index contributed by atoms with van der Waals surface area (Å²) in [7, 11) is 0. The Bertz CT molecular complexity index is 3870. The maximum absolute atomic E-state index is 11.3. The molecule has 0 spiro atoms. The van der Waals surface area contributed by atoms with Crippen molar-refractivity contribution in [2.75, 3.05) is 9.80 Å². The fourth-order valence-electron chi connectivity index (χ4n) is 13.2. The molecule has 0 amide bonds. The number of benzene rings is 8. The number of aliphatic hydroxyl groups excluding tert-OH is 1. The molecule has 3 atom stereocenters. The van der Waals surface area contributed by atoms with E-state index in [0.29, 0.717) is 6.42 Å². The van der Waals surface area contributed by atoms with Crippen molar-refractivity contribution in [3.05, 3.63) is 263 Å². The summed E-state index contributed by atoms with van der Waals surface area (Å²) in [5.74, 6) is 0.217. The minimum Gasteiger partial charge on any atom is -0.389 e. The Morgan fingerprint density at radius 1 is 0.486 bits per heavy atom. The molecular weight excluding hydrogens is 899 g/mol. The maximum Gasteiger partial charge on any atom is 0.0765 e. The van der Waals surface area contributed by atoms with E-state index in [-0.39, 0.29) is 22.8 Å². The Morgan fingerprint density at radius 3 is 1.66 bits per heavy atom. The molecule has 5 aliphatic rings. The van der Waals surface area contributed by atoms with Gasteiger partial charge in [-0.15, -0.1) is 0 Å². The van der Waals surface area contributed by atoms with Crippen molar-refractivity contribution in [1.29, 1.82) is 0 Å². The second-order valence-electron chi connectivity index (χ2n) is 21.8. The molecule has 0 aliphatic heterocycles. The molecule has 0 saturated carbocycles. The van der Waals surface area contributed by atoms with E-state index in [9.17, 15) is 5.11 Å². The molecule has 0 fully saturated rings. The lowest BCUT2D eigenvalue weighted by atomic mass is 9.82. The lowest BCUT2D eigenvalue weighted by Crippen LogP contribution is -2.37. The Labute approximate surface area is 433 Å².